The second-order valence-corrected chi connectivity index (χ2v) is 9.22. The first kappa shape index (κ1) is 20.6. The first-order valence-corrected chi connectivity index (χ1v) is 11.3. The molecule has 3 rings (SSSR count). The van der Waals surface area contributed by atoms with Crippen LogP contribution in [-0.4, -0.2) is 32.6 Å². The van der Waals surface area contributed by atoms with Crippen molar-refractivity contribution in [2.45, 2.75) is 49.6 Å². The van der Waals surface area contributed by atoms with Crippen molar-refractivity contribution in [1.29, 1.82) is 0 Å². The first-order chi connectivity index (χ1) is 13.4. The Kier molecular flexibility index (Phi) is 5.91. The molecule has 0 saturated carbocycles. The minimum Gasteiger partial charge on any atom is -0.497 e. The van der Waals surface area contributed by atoms with E-state index in [2.05, 4.69) is 5.32 Å². The maximum absolute atomic E-state index is 13.4. The van der Waals surface area contributed by atoms with Gasteiger partial charge < -0.3 is 4.74 Å². The van der Waals surface area contributed by atoms with E-state index in [1.807, 2.05) is 44.2 Å². The number of hydrogen-bond acceptors (Lipinski definition) is 5. The van der Waals surface area contributed by atoms with Gasteiger partial charge in [-0.3, -0.25) is 10.1 Å². The zero-order chi connectivity index (χ0) is 20.4. The van der Waals surface area contributed by atoms with Crippen LogP contribution in [0.5, 0.6) is 5.75 Å². The standard InChI is InChI=1S/C22H27NO4S/c1-4-9-20(24)22(5-2)15-28(25,26)19-14-17(27-3)12-13-18(19)21(23-22)16-10-7-6-8-11-16/h6-8,10-14,21,23H,4-5,9,15H2,1-3H3/t21-,22+/m0/s1. The van der Waals surface area contributed by atoms with Gasteiger partial charge in [-0.05, 0) is 36.1 Å². The molecule has 0 saturated heterocycles. The Bertz CT molecular complexity index is 956. The number of benzene rings is 2. The molecular weight excluding hydrogens is 374 g/mol. The number of sulfone groups is 1. The number of hydrogen-bond donors (Lipinski definition) is 1. The van der Waals surface area contributed by atoms with E-state index in [0.29, 0.717) is 30.6 Å². The number of nitrogens with one attached hydrogen (secondary N) is 1. The summed E-state index contributed by atoms with van der Waals surface area (Å²) >= 11 is 0. The van der Waals surface area contributed by atoms with E-state index in [0.717, 1.165) is 5.56 Å². The third kappa shape index (κ3) is 3.71. The fourth-order valence-electron chi connectivity index (χ4n) is 3.88. The van der Waals surface area contributed by atoms with E-state index in [-0.39, 0.29) is 16.4 Å². The second kappa shape index (κ2) is 8.05. The normalized spacial score (nSPS) is 23.5. The Balaban J connectivity index is 2.26. The highest BCUT2D eigenvalue weighted by molar-refractivity contribution is 7.91. The molecule has 2 aromatic rings. The molecule has 2 aromatic carbocycles. The fourth-order valence-corrected chi connectivity index (χ4v) is 5.98. The average molecular weight is 402 g/mol. The molecular formula is C22H27NO4S. The summed E-state index contributed by atoms with van der Waals surface area (Å²) in [6, 6.07) is 14.4. The summed E-state index contributed by atoms with van der Waals surface area (Å²) < 4.78 is 32.0. The van der Waals surface area contributed by atoms with Gasteiger partial charge in [0.2, 0.25) is 0 Å². The highest BCUT2D eigenvalue weighted by Gasteiger charge is 2.46. The van der Waals surface area contributed by atoms with E-state index in [4.69, 9.17) is 4.74 Å². The molecule has 0 aromatic heterocycles. The Morgan fingerprint density at radius 3 is 2.50 bits per heavy atom. The van der Waals surface area contributed by atoms with Crippen LogP contribution in [0.2, 0.25) is 0 Å². The smallest absolute Gasteiger partial charge is 0.181 e. The lowest BCUT2D eigenvalue weighted by molar-refractivity contribution is -0.125. The van der Waals surface area contributed by atoms with Gasteiger partial charge in [0, 0.05) is 6.42 Å². The van der Waals surface area contributed by atoms with Crippen molar-refractivity contribution < 1.29 is 17.9 Å². The lowest BCUT2D eigenvalue weighted by atomic mass is 9.87. The Hall–Kier alpha value is -2.18. The Morgan fingerprint density at radius 1 is 1.18 bits per heavy atom. The monoisotopic (exact) mass is 401 g/mol. The van der Waals surface area contributed by atoms with Gasteiger partial charge in [-0.25, -0.2) is 8.42 Å². The summed E-state index contributed by atoms with van der Waals surface area (Å²) in [7, 11) is -2.19. The molecule has 0 radical (unpaired) electrons. The number of rotatable bonds is 6. The van der Waals surface area contributed by atoms with Crippen LogP contribution >= 0.6 is 0 Å². The molecule has 28 heavy (non-hydrogen) atoms. The van der Waals surface area contributed by atoms with Gasteiger partial charge in [0.15, 0.2) is 15.6 Å². The molecule has 1 N–H and O–H groups in total. The average Bonchev–Trinajstić information content (AvgIpc) is 2.81. The van der Waals surface area contributed by atoms with Gasteiger partial charge >= 0.3 is 0 Å². The van der Waals surface area contributed by atoms with Crippen molar-refractivity contribution in [3.05, 3.63) is 59.7 Å². The van der Waals surface area contributed by atoms with Crippen molar-refractivity contribution in [2.75, 3.05) is 12.9 Å². The molecule has 0 unspecified atom stereocenters. The van der Waals surface area contributed by atoms with Gasteiger partial charge in [0.25, 0.3) is 0 Å². The highest BCUT2D eigenvalue weighted by Crippen LogP contribution is 2.38. The van der Waals surface area contributed by atoms with Crippen molar-refractivity contribution in [1.82, 2.24) is 5.32 Å². The number of Topliss-reactive ketones (excluding diaryl/α,β-unsaturated/α-hetero) is 1. The maximum atomic E-state index is 13.4. The molecule has 1 aliphatic rings. The Morgan fingerprint density at radius 2 is 1.89 bits per heavy atom. The fraction of sp³-hybridized carbons (Fsp3) is 0.409. The first-order valence-electron chi connectivity index (χ1n) is 9.63. The Labute approximate surface area is 167 Å². The summed E-state index contributed by atoms with van der Waals surface area (Å²) in [5.41, 5.74) is 0.446. The van der Waals surface area contributed by atoms with Crippen molar-refractivity contribution in [3.8, 4) is 5.75 Å². The van der Waals surface area contributed by atoms with Gasteiger partial charge in [-0.15, -0.1) is 0 Å². The maximum Gasteiger partial charge on any atom is 0.181 e. The molecule has 6 heteroatoms. The molecule has 2 atom stereocenters. The van der Waals surface area contributed by atoms with Gasteiger partial charge in [-0.1, -0.05) is 50.2 Å². The summed E-state index contributed by atoms with van der Waals surface area (Å²) in [4.78, 5) is 13.3. The van der Waals surface area contributed by atoms with E-state index in [9.17, 15) is 13.2 Å². The lowest BCUT2D eigenvalue weighted by Gasteiger charge is -2.34. The largest absolute Gasteiger partial charge is 0.497 e. The summed E-state index contributed by atoms with van der Waals surface area (Å²) in [6.07, 6.45) is 1.43. The van der Waals surface area contributed by atoms with E-state index in [1.54, 1.807) is 18.2 Å². The van der Waals surface area contributed by atoms with Crippen LogP contribution in [0.4, 0.5) is 0 Å². The third-order valence-corrected chi connectivity index (χ3v) is 7.37. The zero-order valence-corrected chi connectivity index (χ0v) is 17.4. The SMILES string of the molecule is CCCC(=O)[C@@]1(CC)CS(=O)(=O)c2cc(OC)ccc2[C@H](c2ccccc2)N1. The van der Waals surface area contributed by atoms with Crippen molar-refractivity contribution in [2.24, 2.45) is 0 Å². The van der Waals surface area contributed by atoms with Crippen LogP contribution in [0, 0.1) is 0 Å². The quantitative estimate of drug-likeness (QED) is 0.799. The molecule has 1 aliphatic heterocycles. The van der Waals surface area contributed by atoms with Gasteiger partial charge in [-0.2, -0.15) is 0 Å². The van der Waals surface area contributed by atoms with Crippen LogP contribution in [0.1, 0.15) is 50.3 Å². The molecule has 1 heterocycles. The zero-order valence-electron chi connectivity index (χ0n) is 16.6. The number of ether oxygens (including phenoxy) is 1. The number of carbonyl (C=O) groups excluding carboxylic acids is 1. The highest BCUT2D eigenvalue weighted by atomic mass is 32.2. The van der Waals surface area contributed by atoms with Crippen LogP contribution in [0.3, 0.4) is 0 Å². The second-order valence-electron chi connectivity index (χ2n) is 7.26. The van der Waals surface area contributed by atoms with Gasteiger partial charge in [0.1, 0.15) is 5.75 Å². The van der Waals surface area contributed by atoms with Crippen LogP contribution in [-0.2, 0) is 14.6 Å². The molecule has 0 fully saturated rings. The summed E-state index contributed by atoms with van der Waals surface area (Å²) in [5.74, 6) is 0.179. The number of fused-ring (bicyclic) bond motifs is 1. The molecule has 0 aliphatic carbocycles. The lowest BCUT2D eigenvalue weighted by Crippen LogP contribution is -2.56. The van der Waals surface area contributed by atoms with Crippen LogP contribution in [0.25, 0.3) is 0 Å². The topological polar surface area (TPSA) is 72.5 Å². The van der Waals surface area contributed by atoms with Crippen molar-refractivity contribution in [3.63, 3.8) is 0 Å². The number of carbonyl (C=O) groups is 1. The van der Waals surface area contributed by atoms with E-state index < -0.39 is 21.4 Å². The predicted molar refractivity (Wildman–Crippen MR) is 109 cm³/mol. The molecule has 0 amide bonds. The molecule has 0 spiro atoms. The number of ketones is 1. The third-order valence-electron chi connectivity index (χ3n) is 5.47. The summed E-state index contributed by atoms with van der Waals surface area (Å²) in [6.45, 7) is 3.80. The molecule has 5 nitrogen and oxygen atoms in total. The molecule has 0 bridgehead atoms. The summed E-state index contributed by atoms with van der Waals surface area (Å²) in [5, 5.41) is 3.46. The van der Waals surface area contributed by atoms with Crippen molar-refractivity contribution >= 4 is 15.6 Å². The van der Waals surface area contributed by atoms with Gasteiger partial charge in [0.05, 0.1) is 29.3 Å². The van der Waals surface area contributed by atoms with E-state index in [1.165, 1.54) is 7.11 Å². The van der Waals surface area contributed by atoms with E-state index >= 15 is 0 Å². The number of methoxy groups -OCH3 is 1. The minimum absolute atomic E-state index is 0.0539. The predicted octanol–water partition coefficient (Wildman–Crippen LogP) is 3.68. The molecule has 150 valence electrons. The minimum atomic E-state index is -3.70. The van der Waals surface area contributed by atoms with Crippen LogP contribution < -0.4 is 10.1 Å². The van der Waals surface area contributed by atoms with Crippen LogP contribution in [0.15, 0.2) is 53.4 Å².